The van der Waals surface area contributed by atoms with E-state index in [0.717, 1.165) is 43.6 Å². The Morgan fingerprint density at radius 3 is 2.38 bits per heavy atom. The van der Waals surface area contributed by atoms with Gasteiger partial charge in [-0.3, -0.25) is 9.59 Å². The fraction of sp³-hybridized carbons (Fsp3) is 0.619. The van der Waals surface area contributed by atoms with E-state index in [4.69, 9.17) is 0 Å². The molecular formula is C21H33N3O2. The predicted molar refractivity (Wildman–Crippen MR) is 108 cm³/mol. The Bertz CT molecular complexity index is 626. The smallest absolute Gasteiger partial charge is 0.228 e. The molecule has 1 fully saturated rings. The molecule has 0 spiro atoms. The van der Waals surface area contributed by atoms with Gasteiger partial charge in [-0.25, -0.2) is 0 Å². The van der Waals surface area contributed by atoms with E-state index in [2.05, 4.69) is 42.4 Å². The van der Waals surface area contributed by atoms with Gasteiger partial charge in [0.15, 0.2) is 0 Å². The Morgan fingerprint density at radius 1 is 1.08 bits per heavy atom. The number of nitrogens with one attached hydrogen (secondary N) is 2. The summed E-state index contributed by atoms with van der Waals surface area (Å²) >= 11 is 0. The van der Waals surface area contributed by atoms with E-state index in [9.17, 15) is 9.59 Å². The van der Waals surface area contributed by atoms with Crippen molar-refractivity contribution in [3.63, 3.8) is 0 Å². The molecule has 2 atom stereocenters. The van der Waals surface area contributed by atoms with Crippen molar-refractivity contribution in [2.24, 2.45) is 11.8 Å². The van der Waals surface area contributed by atoms with Gasteiger partial charge < -0.3 is 15.5 Å². The summed E-state index contributed by atoms with van der Waals surface area (Å²) in [5, 5.41) is 5.95. The number of unbranched alkanes of at least 4 members (excludes halogenated alkanes) is 2. The molecule has 0 bridgehead atoms. The normalized spacial score (nSPS) is 18.3. The summed E-state index contributed by atoms with van der Waals surface area (Å²) < 4.78 is 0. The maximum absolute atomic E-state index is 12.4. The molecular weight excluding hydrogens is 326 g/mol. The Labute approximate surface area is 157 Å². The van der Waals surface area contributed by atoms with Crippen molar-refractivity contribution in [1.82, 2.24) is 5.32 Å². The minimum Gasteiger partial charge on any atom is -0.372 e. The lowest BCUT2D eigenvalue weighted by molar-refractivity contribution is -0.125. The van der Waals surface area contributed by atoms with Crippen LogP contribution in [0.5, 0.6) is 0 Å². The molecule has 5 heteroatoms. The van der Waals surface area contributed by atoms with Crippen LogP contribution in [0.2, 0.25) is 0 Å². The highest BCUT2D eigenvalue weighted by atomic mass is 16.2. The third-order valence-corrected chi connectivity index (χ3v) is 5.14. The van der Waals surface area contributed by atoms with Gasteiger partial charge in [-0.05, 0) is 57.4 Å². The maximum Gasteiger partial charge on any atom is 0.228 e. The summed E-state index contributed by atoms with van der Waals surface area (Å²) in [7, 11) is 0. The molecule has 1 aliphatic carbocycles. The first kappa shape index (κ1) is 20.3. The lowest BCUT2D eigenvalue weighted by atomic mass is 10.1. The average molecular weight is 360 g/mol. The molecule has 2 unspecified atom stereocenters. The summed E-state index contributed by atoms with van der Waals surface area (Å²) in [5.41, 5.74) is 3.05. The number of carbonyl (C=O) groups is 2. The average Bonchev–Trinajstić information content (AvgIpc) is 3.43. The second-order valence-corrected chi connectivity index (χ2v) is 7.11. The molecule has 0 aromatic heterocycles. The first-order valence-electron chi connectivity index (χ1n) is 9.95. The molecule has 2 rings (SSSR count). The molecule has 1 saturated carbocycles. The number of carbonyl (C=O) groups excluding carboxylic acids is 2. The summed E-state index contributed by atoms with van der Waals surface area (Å²) in [4.78, 5) is 26.8. The number of amides is 2. The van der Waals surface area contributed by atoms with E-state index >= 15 is 0 Å². The van der Waals surface area contributed by atoms with Gasteiger partial charge in [0.05, 0.1) is 11.8 Å². The Kier molecular flexibility index (Phi) is 7.49. The van der Waals surface area contributed by atoms with Gasteiger partial charge >= 0.3 is 0 Å². The highest BCUT2D eigenvalue weighted by Gasteiger charge is 2.47. The minimum absolute atomic E-state index is 0.0230. The molecule has 2 amide bonds. The number of hydrogen-bond acceptors (Lipinski definition) is 3. The topological polar surface area (TPSA) is 61.4 Å². The van der Waals surface area contributed by atoms with Crippen LogP contribution in [0.15, 0.2) is 18.2 Å². The third kappa shape index (κ3) is 5.23. The molecule has 1 aliphatic rings. The highest BCUT2D eigenvalue weighted by molar-refractivity contribution is 6.00. The van der Waals surface area contributed by atoms with Crippen LogP contribution >= 0.6 is 0 Å². The number of nitrogens with zero attached hydrogens (tertiary/aromatic N) is 1. The SMILES string of the molecule is CCCCCNC(=O)C1CC1C(=O)Nc1ccc(N(CC)CC)cc1C. The van der Waals surface area contributed by atoms with E-state index in [1.54, 1.807) is 0 Å². The van der Waals surface area contributed by atoms with Gasteiger partial charge in [0.25, 0.3) is 0 Å². The zero-order chi connectivity index (χ0) is 19.1. The van der Waals surface area contributed by atoms with Crippen molar-refractivity contribution in [2.45, 2.75) is 53.4 Å². The lowest BCUT2D eigenvalue weighted by Crippen LogP contribution is -2.28. The van der Waals surface area contributed by atoms with Crippen LogP contribution in [0, 0.1) is 18.8 Å². The van der Waals surface area contributed by atoms with Crippen LogP contribution < -0.4 is 15.5 Å². The van der Waals surface area contributed by atoms with Crippen molar-refractivity contribution in [3.05, 3.63) is 23.8 Å². The van der Waals surface area contributed by atoms with Crippen LogP contribution in [0.1, 0.15) is 52.0 Å². The van der Waals surface area contributed by atoms with E-state index in [1.807, 2.05) is 19.1 Å². The largest absolute Gasteiger partial charge is 0.372 e. The fourth-order valence-electron chi connectivity index (χ4n) is 3.29. The van der Waals surface area contributed by atoms with Gasteiger partial charge in [-0.1, -0.05) is 19.8 Å². The highest BCUT2D eigenvalue weighted by Crippen LogP contribution is 2.39. The standard InChI is InChI=1S/C21H33N3O2/c1-5-8-9-12-22-20(25)17-14-18(17)21(26)23-19-11-10-16(13-15(19)4)24(6-2)7-3/h10-11,13,17-18H,5-9,12,14H2,1-4H3,(H,22,25)(H,23,26). The van der Waals surface area contributed by atoms with Gasteiger partial charge in [-0.2, -0.15) is 0 Å². The van der Waals surface area contributed by atoms with Crippen LogP contribution in [-0.4, -0.2) is 31.4 Å². The van der Waals surface area contributed by atoms with E-state index in [1.165, 1.54) is 5.69 Å². The first-order valence-corrected chi connectivity index (χ1v) is 9.95. The molecule has 0 aliphatic heterocycles. The summed E-state index contributed by atoms with van der Waals surface area (Å²) in [6.45, 7) is 11.0. The molecule has 26 heavy (non-hydrogen) atoms. The van der Waals surface area contributed by atoms with Crippen molar-refractivity contribution < 1.29 is 9.59 Å². The molecule has 2 N–H and O–H groups in total. The van der Waals surface area contributed by atoms with Crippen LogP contribution in [0.25, 0.3) is 0 Å². The fourth-order valence-corrected chi connectivity index (χ4v) is 3.29. The first-order chi connectivity index (χ1) is 12.5. The van der Waals surface area contributed by atoms with Crippen LogP contribution in [0.3, 0.4) is 0 Å². The quantitative estimate of drug-likeness (QED) is 0.626. The molecule has 5 nitrogen and oxygen atoms in total. The third-order valence-electron chi connectivity index (χ3n) is 5.14. The van der Waals surface area contributed by atoms with Gasteiger partial charge in [0, 0.05) is 31.0 Å². The Hall–Kier alpha value is -2.04. The van der Waals surface area contributed by atoms with Crippen molar-refractivity contribution in [3.8, 4) is 0 Å². The van der Waals surface area contributed by atoms with Crippen molar-refractivity contribution in [2.75, 3.05) is 29.9 Å². The van der Waals surface area contributed by atoms with E-state index in [0.29, 0.717) is 13.0 Å². The number of rotatable bonds is 10. The molecule has 144 valence electrons. The molecule has 0 saturated heterocycles. The lowest BCUT2D eigenvalue weighted by Gasteiger charge is -2.22. The predicted octanol–water partition coefficient (Wildman–Crippen LogP) is 3.72. The van der Waals surface area contributed by atoms with E-state index in [-0.39, 0.29) is 23.7 Å². The molecule has 1 aromatic carbocycles. The molecule has 1 aromatic rings. The molecule has 0 heterocycles. The van der Waals surface area contributed by atoms with Gasteiger partial charge in [0.2, 0.25) is 11.8 Å². The van der Waals surface area contributed by atoms with Gasteiger partial charge in [-0.15, -0.1) is 0 Å². The summed E-state index contributed by atoms with van der Waals surface area (Å²) in [5.74, 6) is -0.373. The Balaban J connectivity index is 1.86. The second-order valence-electron chi connectivity index (χ2n) is 7.11. The zero-order valence-electron chi connectivity index (χ0n) is 16.6. The maximum atomic E-state index is 12.4. The van der Waals surface area contributed by atoms with Gasteiger partial charge in [0.1, 0.15) is 0 Å². The van der Waals surface area contributed by atoms with Crippen LogP contribution in [0.4, 0.5) is 11.4 Å². The minimum atomic E-state index is -0.192. The second kappa shape index (κ2) is 9.60. The summed E-state index contributed by atoms with van der Waals surface area (Å²) in [6, 6.07) is 6.11. The van der Waals surface area contributed by atoms with Crippen molar-refractivity contribution >= 4 is 23.2 Å². The number of benzene rings is 1. The summed E-state index contributed by atoms with van der Waals surface area (Å²) in [6.07, 6.45) is 3.92. The van der Waals surface area contributed by atoms with Crippen molar-refractivity contribution in [1.29, 1.82) is 0 Å². The number of aryl methyl sites for hydroxylation is 1. The number of hydrogen-bond donors (Lipinski definition) is 2. The van der Waals surface area contributed by atoms with E-state index < -0.39 is 0 Å². The number of anilines is 2. The Morgan fingerprint density at radius 2 is 1.77 bits per heavy atom. The monoisotopic (exact) mass is 359 g/mol. The molecule has 0 radical (unpaired) electrons. The zero-order valence-corrected chi connectivity index (χ0v) is 16.6. The van der Waals surface area contributed by atoms with Crippen LogP contribution in [-0.2, 0) is 9.59 Å².